The molecule has 2 aromatic heterocycles. The first-order valence-corrected chi connectivity index (χ1v) is 10.3. The van der Waals surface area contributed by atoms with Crippen LogP contribution in [0.3, 0.4) is 0 Å². The standard InChI is InChI=1S/C22H24FN5O/c23-18-5-1-4-16(14-18)15-27-10-3-11-28(13-12-27)21-19(6-2-9-24-21)22-25-20(26-29-22)17-7-8-17/h1-2,4-6,9,14,17H,3,7-8,10-13,15H2. The van der Waals surface area contributed by atoms with E-state index in [1.807, 2.05) is 24.4 Å². The molecule has 1 aromatic carbocycles. The number of rotatable bonds is 5. The summed E-state index contributed by atoms with van der Waals surface area (Å²) in [6.07, 6.45) is 5.12. The molecule has 0 bridgehead atoms. The molecule has 150 valence electrons. The van der Waals surface area contributed by atoms with Crippen molar-refractivity contribution < 1.29 is 8.91 Å². The Hall–Kier alpha value is -2.80. The van der Waals surface area contributed by atoms with Crippen LogP contribution in [-0.4, -0.2) is 46.2 Å². The molecule has 3 aromatic rings. The van der Waals surface area contributed by atoms with Crippen LogP contribution in [0.2, 0.25) is 0 Å². The minimum absolute atomic E-state index is 0.179. The molecule has 0 atom stereocenters. The maximum atomic E-state index is 13.5. The van der Waals surface area contributed by atoms with Crippen molar-refractivity contribution in [3.63, 3.8) is 0 Å². The zero-order valence-electron chi connectivity index (χ0n) is 16.3. The molecule has 1 saturated heterocycles. The summed E-state index contributed by atoms with van der Waals surface area (Å²) in [6, 6.07) is 10.8. The van der Waals surface area contributed by atoms with Crippen LogP contribution in [0.25, 0.3) is 11.5 Å². The van der Waals surface area contributed by atoms with Gasteiger partial charge in [0.15, 0.2) is 5.82 Å². The van der Waals surface area contributed by atoms with Gasteiger partial charge in [-0.2, -0.15) is 4.98 Å². The van der Waals surface area contributed by atoms with Crippen LogP contribution in [0.4, 0.5) is 10.2 Å². The number of anilines is 1. The van der Waals surface area contributed by atoms with Gasteiger partial charge in [0.05, 0.1) is 5.56 Å². The number of aromatic nitrogens is 3. The number of pyridine rings is 1. The normalized spacial score (nSPS) is 18.0. The quantitative estimate of drug-likeness (QED) is 0.656. The summed E-state index contributed by atoms with van der Waals surface area (Å²) in [4.78, 5) is 13.9. The predicted octanol–water partition coefficient (Wildman–Crippen LogP) is 3.86. The van der Waals surface area contributed by atoms with Gasteiger partial charge in [-0.3, -0.25) is 4.90 Å². The van der Waals surface area contributed by atoms with Crippen molar-refractivity contribution in [2.45, 2.75) is 31.7 Å². The van der Waals surface area contributed by atoms with Gasteiger partial charge in [0.2, 0.25) is 0 Å². The van der Waals surface area contributed by atoms with E-state index in [1.165, 1.54) is 6.07 Å². The molecule has 3 heterocycles. The number of benzene rings is 1. The third-order valence-electron chi connectivity index (χ3n) is 5.58. The van der Waals surface area contributed by atoms with E-state index >= 15 is 0 Å². The van der Waals surface area contributed by atoms with Gasteiger partial charge < -0.3 is 9.42 Å². The molecule has 0 spiro atoms. The monoisotopic (exact) mass is 393 g/mol. The molecule has 29 heavy (non-hydrogen) atoms. The van der Waals surface area contributed by atoms with E-state index in [-0.39, 0.29) is 5.82 Å². The van der Waals surface area contributed by atoms with Crippen LogP contribution in [-0.2, 0) is 6.54 Å². The Kier molecular flexibility index (Phi) is 4.97. The maximum absolute atomic E-state index is 13.5. The van der Waals surface area contributed by atoms with Crippen molar-refractivity contribution >= 4 is 5.82 Å². The van der Waals surface area contributed by atoms with Gasteiger partial charge in [-0.05, 0) is 49.1 Å². The molecule has 0 amide bonds. The van der Waals surface area contributed by atoms with Gasteiger partial charge >= 0.3 is 0 Å². The van der Waals surface area contributed by atoms with Crippen molar-refractivity contribution in [2.75, 3.05) is 31.1 Å². The Morgan fingerprint density at radius 2 is 2.00 bits per heavy atom. The molecule has 2 fully saturated rings. The Bertz CT molecular complexity index is 987. The second-order valence-electron chi connectivity index (χ2n) is 7.85. The van der Waals surface area contributed by atoms with E-state index in [0.717, 1.165) is 74.8 Å². The zero-order valence-corrected chi connectivity index (χ0v) is 16.3. The molecule has 6 nitrogen and oxygen atoms in total. The SMILES string of the molecule is Fc1cccc(CN2CCCN(c3ncccc3-c3nc(C4CC4)no3)CC2)c1. The first-order chi connectivity index (χ1) is 14.3. The van der Waals surface area contributed by atoms with E-state index in [9.17, 15) is 4.39 Å². The third-order valence-corrected chi connectivity index (χ3v) is 5.58. The van der Waals surface area contributed by atoms with E-state index in [0.29, 0.717) is 11.8 Å². The summed E-state index contributed by atoms with van der Waals surface area (Å²) < 4.78 is 19.0. The molecule has 2 aliphatic rings. The number of hydrogen-bond acceptors (Lipinski definition) is 6. The summed E-state index contributed by atoms with van der Waals surface area (Å²) in [5.41, 5.74) is 1.90. The molecule has 1 saturated carbocycles. The smallest absolute Gasteiger partial charge is 0.261 e. The number of nitrogens with zero attached hydrogens (tertiary/aromatic N) is 5. The highest BCUT2D eigenvalue weighted by Gasteiger charge is 2.30. The Morgan fingerprint density at radius 3 is 2.86 bits per heavy atom. The molecule has 0 N–H and O–H groups in total. The highest BCUT2D eigenvalue weighted by atomic mass is 19.1. The fourth-order valence-corrected chi connectivity index (χ4v) is 3.90. The minimum atomic E-state index is -0.179. The van der Waals surface area contributed by atoms with Crippen LogP contribution < -0.4 is 4.90 Å². The maximum Gasteiger partial charge on any atom is 0.261 e. The summed E-state index contributed by atoms with van der Waals surface area (Å²) in [7, 11) is 0. The average molecular weight is 393 g/mol. The molecule has 0 radical (unpaired) electrons. The van der Waals surface area contributed by atoms with Crippen LogP contribution in [0.5, 0.6) is 0 Å². The molecular formula is C22H24FN5O. The summed E-state index contributed by atoms with van der Waals surface area (Å²) in [6.45, 7) is 4.39. The van der Waals surface area contributed by atoms with E-state index in [4.69, 9.17) is 4.52 Å². The average Bonchev–Trinajstić information content (AvgIpc) is 3.51. The molecule has 5 rings (SSSR count). The molecule has 1 aliphatic heterocycles. The first kappa shape index (κ1) is 18.2. The van der Waals surface area contributed by atoms with Crippen molar-refractivity contribution in [3.8, 4) is 11.5 Å². The summed E-state index contributed by atoms with van der Waals surface area (Å²) in [5.74, 6) is 2.54. The van der Waals surface area contributed by atoms with Gasteiger partial charge in [-0.1, -0.05) is 17.3 Å². The second-order valence-corrected chi connectivity index (χ2v) is 7.85. The largest absolute Gasteiger partial charge is 0.355 e. The van der Waals surface area contributed by atoms with Gasteiger partial charge in [0, 0.05) is 44.8 Å². The van der Waals surface area contributed by atoms with Gasteiger partial charge in [-0.25, -0.2) is 9.37 Å². The van der Waals surface area contributed by atoms with Crippen LogP contribution in [0, 0.1) is 5.82 Å². The summed E-state index contributed by atoms with van der Waals surface area (Å²) in [5, 5.41) is 4.15. The Morgan fingerprint density at radius 1 is 1.07 bits per heavy atom. The number of halogens is 1. The molecule has 0 unspecified atom stereocenters. The fourth-order valence-electron chi connectivity index (χ4n) is 3.90. The van der Waals surface area contributed by atoms with E-state index in [1.54, 1.807) is 12.1 Å². The first-order valence-electron chi connectivity index (χ1n) is 10.3. The van der Waals surface area contributed by atoms with Crippen LogP contribution >= 0.6 is 0 Å². The predicted molar refractivity (Wildman–Crippen MR) is 108 cm³/mol. The molecule has 7 heteroatoms. The lowest BCUT2D eigenvalue weighted by Gasteiger charge is -2.24. The van der Waals surface area contributed by atoms with Crippen LogP contribution in [0.15, 0.2) is 47.1 Å². The lowest BCUT2D eigenvalue weighted by molar-refractivity contribution is 0.285. The molecular weight excluding hydrogens is 369 g/mol. The van der Waals surface area contributed by atoms with Crippen molar-refractivity contribution in [1.82, 2.24) is 20.0 Å². The van der Waals surface area contributed by atoms with Gasteiger partial charge in [0.25, 0.3) is 5.89 Å². The van der Waals surface area contributed by atoms with Gasteiger partial charge in [-0.15, -0.1) is 0 Å². The highest BCUT2D eigenvalue weighted by Crippen LogP contribution is 2.39. The lowest BCUT2D eigenvalue weighted by atomic mass is 10.2. The Balaban J connectivity index is 1.31. The van der Waals surface area contributed by atoms with Crippen LogP contribution in [0.1, 0.15) is 36.6 Å². The summed E-state index contributed by atoms with van der Waals surface area (Å²) >= 11 is 0. The van der Waals surface area contributed by atoms with E-state index < -0.39 is 0 Å². The van der Waals surface area contributed by atoms with Gasteiger partial charge in [0.1, 0.15) is 11.6 Å². The fraction of sp³-hybridized carbons (Fsp3) is 0.409. The molecule has 1 aliphatic carbocycles. The number of hydrogen-bond donors (Lipinski definition) is 0. The minimum Gasteiger partial charge on any atom is -0.355 e. The lowest BCUT2D eigenvalue weighted by Crippen LogP contribution is -2.31. The van der Waals surface area contributed by atoms with Crippen molar-refractivity contribution in [1.29, 1.82) is 0 Å². The van der Waals surface area contributed by atoms with E-state index in [2.05, 4.69) is 24.9 Å². The highest BCUT2D eigenvalue weighted by molar-refractivity contribution is 5.69. The zero-order chi connectivity index (χ0) is 19.6. The second kappa shape index (κ2) is 7.91. The van der Waals surface area contributed by atoms with Crippen molar-refractivity contribution in [3.05, 3.63) is 59.8 Å². The third kappa shape index (κ3) is 4.15. The Labute approximate surface area is 169 Å². The topological polar surface area (TPSA) is 58.3 Å². The van der Waals surface area contributed by atoms with Crippen molar-refractivity contribution in [2.24, 2.45) is 0 Å².